The van der Waals surface area contributed by atoms with Crippen LogP contribution in [0.25, 0.3) is 0 Å². The van der Waals surface area contributed by atoms with Gasteiger partial charge in [-0.25, -0.2) is 4.79 Å². The van der Waals surface area contributed by atoms with E-state index in [2.05, 4.69) is 15.4 Å². The van der Waals surface area contributed by atoms with Crippen molar-refractivity contribution in [1.29, 1.82) is 0 Å². The number of Topliss-reactive ketones (excluding diaryl/α,β-unsaturated/α-hetero) is 1. The van der Waals surface area contributed by atoms with Crippen molar-refractivity contribution in [2.75, 3.05) is 25.1 Å². The third-order valence-corrected chi connectivity index (χ3v) is 2.35. The average molecular weight is 304 g/mol. The Morgan fingerprint density at radius 1 is 1.19 bits per heavy atom. The van der Waals surface area contributed by atoms with E-state index in [0.29, 0.717) is 11.3 Å². The molecule has 0 saturated heterocycles. The highest BCUT2D eigenvalue weighted by molar-refractivity contribution is 5.95. The molecule has 0 bridgehead atoms. The predicted octanol–water partition coefficient (Wildman–Crippen LogP) is 2.59. The molecule has 1 aromatic carbocycles. The maximum atomic E-state index is 11.8. The van der Waals surface area contributed by atoms with Gasteiger partial charge in [-0.05, 0) is 31.2 Å². The van der Waals surface area contributed by atoms with E-state index in [9.17, 15) is 22.8 Å². The van der Waals surface area contributed by atoms with Crippen LogP contribution in [0.2, 0.25) is 0 Å². The van der Waals surface area contributed by atoms with E-state index >= 15 is 0 Å². The summed E-state index contributed by atoms with van der Waals surface area (Å²) >= 11 is 0. The van der Waals surface area contributed by atoms with Gasteiger partial charge in [0.25, 0.3) is 0 Å². The van der Waals surface area contributed by atoms with Gasteiger partial charge in [-0.3, -0.25) is 4.79 Å². The molecule has 0 radical (unpaired) electrons. The summed E-state index contributed by atoms with van der Waals surface area (Å²) in [5.41, 5.74) is 0.982. The van der Waals surface area contributed by atoms with Crippen molar-refractivity contribution in [1.82, 2.24) is 5.32 Å². The molecule has 0 spiro atoms. The zero-order valence-corrected chi connectivity index (χ0v) is 11.3. The van der Waals surface area contributed by atoms with Crippen molar-refractivity contribution < 1.29 is 27.5 Å². The van der Waals surface area contributed by atoms with Crippen molar-refractivity contribution in [3.8, 4) is 0 Å². The number of alkyl halides is 3. The van der Waals surface area contributed by atoms with Gasteiger partial charge in [-0.1, -0.05) is 0 Å². The monoisotopic (exact) mass is 304 g/mol. The largest absolute Gasteiger partial charge is 0.411 e. The van der Waals surface area contributed by atoms with Crippen LogP contribution >= 0.6 is 0 Å². The molecule has 0 saturated carbocycles. The van der Waals surface area contributed by atoms with Crippen LogP contribution in [0.15, 0.2) is 24.3 Å². The van der Waals surface area contributed by atoms with Crippen LogP contribution in [-0.2, 0) is 4.74 Å². The number of hydrogen-bond donors (Lipinski definition) is 2. The zero-order valence-electron chi connectivity index (χ0n) is 11.3. The van der Waals surface area contributed by atoms with Crippen molar-refractivity contribution in [3.63, 3.8) is 0 Å². The molecule has 1 rings (SSSR count). The first-order valence-electron chi connectivity index (χ1n) is 6.08. The number of benzene rings is 1. The van der Waals surface area contributed by atoms with Crippen LogP contribution in [-0.4, -0.2) is 37.7 Å². The summed E-state index contributed by atoms with van der Waals surface area (Å²) in [6, 6.07) is 5.66. The van der Waals surface area contributed by atoms with Crippen LogP contribution in [0.3, 0.4) is 0 Å². The Morgan fingerprint density at radius 2 is 1.81 bits per heavy atom. The SMILES string of the molecule is CC(=O)c1ccc(NC(=O)NCCOCC(F)(F)F)cc1. The molecular formula is C13H15F3N2O3. The van der Waals surface area contributed by atoms with Crippen LogP contribution in [0.5, 0.6) is 0 Å². The summed E-state index contributed by atoms with van der Waals surface area (Å²) in [6.07, 6.45) is -4.37. The van der Waals surface area contributed by atoms with Gasteiger partial charge in [-0.2, -0.15) is 13.2 Å². The van der Waals surface area contributed by atoms with E-state index in [-0.39, 0.29) is 18.9 Å². The molecule has 1 aromatic rings. The Morgan fingerprint density at radius 3 is 2.33 bits per heavy atom. The minimum Gasteiger partial charge on any atom is -0.370 e. The highest BCUT2D eigenvalue weighted by Crippen LogP contribution is 2.14. The lowest BCUT2D eigenvalue weighted by Gasteiger charge is -2.09. The molecule has 0 aliphatic carbocycles. The molecule has 0 atom stereocenters. The number of ether oxygens (including phenoxy) is 1. The highest BCUT2D eigenvalue weighted by Gasteiger charge is 2.27. The summed E-state index contributed by atoms with van der Waals surface area (Å²) in [5, 5.41) is 4.82. The molecule has 8 heteroatoms. The van der Waals surface area contributed by atoms with Crippen molar-refractivity contribution in [2.45, 2.75) is 13.1 Å². The second-order valence-corrected chi connectivity index (χ2v) is 4.18. The third-order valence-electron chi connectivity index (χ3n) is 2.35. The van der Waals surface area contributed by atoms with Gasteiger partial charge in [0.05, 0.1) is 6.61 Å². The predicted molar refractivity (Wildman–Crippen MR) is 70.3 cm³/mol. The van der Waals surface area contributed by atoms with E-state index in [1.165, 1.54) is 6.92 Å². The summed E-state index contributed by atoms with van der Waals surface area (Å²) < 4.78 is 39.6. The Labute approximate surface area is 119 Å². The fourth-order valence-electron chi connectivity index (χ4n) is 1.39. The lowest BCUT2D eigenvalue weighted by molar-refractivity contribution is -0.173. The average Bonchev–Trinajstić information content (AvgIpc) is 2.37. The summed E-state index contributed by atoms with van der Waals surface area (Å²) in [6.45, 7) is -0.206. The lowest BCUT2D eigenvalue weighted by atomic mass is 10.1. The number of ketones is 1. The number of nitrogens with one attached hydrogen (secondary N) is 2. The smallest absolute Gasteiger partial charge is 0.370 e. The molecule has 0 fully saturated rings. The van der Waals surface area contributed by atoms with E-state index in [1.807, 2.05) is 0 Å². The van der Waals surface area contributed by atoms with Gasteiger partial charge in [0.1, 0.15) is 6.61 Å². The summed E-state index contributed by atoms with van der Waals surface area (Å²) in [4.78, 5) is 22.5. The number of hydrogen-bond acceptors (Lipinski definition) is 3. The van der Waals surface area contributed by atoms with Crippen LogP contribution in [0, 0.1) is 0 Å². The minimum absolute atomic E-state index is 0.0482. The van der Waals surface area contributed by atoms with Gasteiger partial charge >= 0.3 is 12.2 Å². The number of carbonyl (C=O) groups is 2. The van der Waals surface area contributed by atoms with E-state index in [1.54, 1.807) is 24.3 Å². The molecule has 5 nitrogen and oxygen atoms in total. The van der Waals surface area contributed by atoms with Crippen molar-refractivity contribution >= 4 is 17.5 Å². The molecule has 2 N–H and O–H groups in total. The van der Waals surface area contributed by atoms with Gasteiger partial charge in [0, 0.05) is 17.8 Å². The molecule has 0 heterocycles. The maximum absolute atomic E-state index is 11.8. The first-order valence-corrected chi connectivity index (χ1v) is 6.08. The number of rotatable bonds is 6. The van der Waals surface area contributed by atoms with Crippen molar-refractivity contribution in [2.24, 2.45) is 0 Å². The standard InChI is InChI=1S/C13H15F3N2O3/c1-9(19)10-2-4-11(5-3-10)18-12(20)17-6-7-21-8-13(14,15)16/h2-5H,6-8H2,1H3,(H2,17,18,20). The Bertz CT molecular complexity index is 486. The first kappa shape index (κ1) is 17.0. The Balaban J connectivity index is 2.26. The Kier molecular flexibility index (Phi) is 6.16. The lowest BCUT2D eigenvalue weighted by Crippen LogP contribution is -2.32. The third kappa shape index (κ3) is 7.31. The fraction of sp³-hybridized carbons (Fsp3) is 0.385. The van der Waals surface area contributed by atoms with Crippen LogP contribution < -0.4 is 10.6 Å². The van der Waals surface area contributed by atoms with Gasteiger partial charge < -0.3 is 15.4 Å². The molecule has 0 unspecified atom stereocenters. The quantitative estimate of drug-likeness (QED) is 0.627. The molecule has 0 aromatic heterocycles. The van der Waals surface area contributed by atoms with Gasteiger partial charge in [0.2, 0.25) is 0 Å². The van der Waals surface area contributed by atoms with E-state index in [0.717, 1.165) is 0 Å². The highest BCUT2D eigenvalue weighted by atomic mass is 19.4. The molecule has 2 amide bonds. The topological polar surface area (TPSA) is 67.4 Å². The van der Waals surface area contributed by atoms with Gasteiger partial charge in [0.15, 0.2) is 5.78 Å². The summed E-state index contributed by atoms with van der Waals surface area (Å²) in [5.74, 6) is -0.0900. The Hall–Kier alpha value is -2.09. The molecule has 116 valence electrons. The van der Waals surface area contributed by atoms with Crippen LogP contribution in [0.1, 0.15) is 17.3 Å². The van der Waals surface area contributed by atoms with E-state index in [4.69, 9.17) is 0 Å². The number of urea groups is 1. The van der Waals surface area contributed by atoms with Crippen LogP contribution in [0.4, 0.5) is 23.7 Å². The minimum atomic E-state index is -4.37. The number of amides is 2. The van der Waals surface area contributed by atoms with Gasteiger partial charge in [-0.15, -0.1) is 0 Å². The molecule has 0 aliphatic rings. The zero-order chi connectivity index (χ0) is 15.9. The maximum Gasteiger partial charge on any atom is 0.411 e. The molecule has 0 aliphatic heterocycles. The fourth-order valence-corrected chi connectivity index (χ4v) is 1.39. The van der Waals surface area contributed by atoms with Crippen molar-refractivity contribution in [3.05, 3.63) is 29.8 Å². The number of anilines is 1. The number of carbonyl (C=O) groups excluding carboxylic acids is 2. The second kappa shape index (κ2) is 7.63. The van der Waals surface area contributed by atoms with E-state index < -0.39 is 18.8 Å². The normalized spacial score (nSPS) is 11.0. The molecular weight excluding hydrogens is 289 g/mol. The second-order valence-electron chi connectivity index (χ2n) is 4.18. The first-order chi connectivity index (χ1) is 9.78. The molecule has 21 heavy (non-hydrogen) atoms. The number of halogens is 3. The summed E-state index contributed by atoms with van der Waals surface area (Å²) in [7, 11) is 0.